The molecule has 0 saturated carbocycles. The van der Waals surface area contributed by atoms with Crippen molar-refractivity contribution >= 4 is 19.2 Å². The van der Waals surface area contributed by atoms with Crippen LogP contribution in [0, 0.1) is 0 Å². The largest absolute Gasteiger partial charge is 0.748 e. The van der Waals surface area contributed by atoms with Crippen LogP contribution in [-0.2, 0) is 17.1 Å². The van der Waals surface area contributed by atoms with Gasteiger partial charge in [-0.3, -0.25) is 0 Å². The molecule has 2 heteroatoms. The van der Waals surface area contributed by atoms with E-state index >= 15 is 0 Å². The van der Waals surface area contributed by atoms with Gasteiger partial charge in [0.15, 0.2) is 0 Å². The summed E-state index contributed by atoms with van der Waals surface area (Å²) in [6, 6.07) is 49.9. The van der Waals surface area contributed by atoms with Crippen molar-refractivity contribution in [3.05, 3.63) is 146 Å². The molecular weight excluding hydrogens is 423 g/mol. The van der Waals surface area contributed by atoms with Gasteiger partial charge in [0.1, 0.15) is 0 Å². The summed E-state index contributed by atoms with van der Waals surface area (Å²) in [7, 11) is 0.777. The van der Waals surface area contributed by atoms with Crippen molar-refractivity contribution in [3.63, 3.8) is 0 Å². The van der Waals surface area contributed by atoms with Crippen LogP contribution < -0.4 is 10.6 Å². The third-order valence-electron chi connectivity index (χ3n) is 4.16. The Balaban J connectivity index is 0.000000171. The molecule has 0 aliphatic carbocycles. The normalized spacial score (nSPS) is 9.20. The van der Waals surface area contributed by atoms with Crippen molar-refractivity contribution in [3.8, 4) is 11.1 Å². The molecule has 5 aromatic rings. The average Bonchev–Trinajstić information content (AvgIpc) is 3.53. The first kappa shape index (κ1) is 23.6. The Hall–Kier alpha value is -2.69. The Morgan fingerprint density at radius 3 is 1.23 bits per heavy atom. The third kappa shape index (κ3) is 8.76. The number of hydrogen-bond acceptors (Lipinski definition) is 0. The van der Waals surface area contributed by atoms with Crippen LogP contribution in [0.2, 0.25) is 0 Å². The van der Waals surface area contributed by atoms with E-state index in [1.807, 2.05) is 36.4 Å². The van der Waals surface area contributed by atoms with E-state index in [1.54, 1.807) is 0 Å². The summed E-state index contributed by atoms with van der Waals surface area (Å²) in [6.07, 6.45) is 0. The Labute approximate surface area is 192 Å². The van der Waals surface area contributed by atoms with Gasteiger partial charge in [-0.1, -0.05) is 93.0 Å². The van der Waals surface area contributed by atoms with Crippen LogP contribution in [0.25, 0.3) is 11.1 Å². The zero-order chi connectivity index (χ0) is 20.0. The first-order chi connectivity index (χ1) is 14.4. The second-order valence-electron chi connectivity index (χ2n) is 6.36. The molecule has 30 heavy (non-hydrogen) atoms. The SMILES string of the molecule is [Fe].[cH-]1[cH-][cH-][cH-][cH-]1.c1ccc(-[c-]2cccc2)cc1.c1ccc(Pc2ccccc2)cc1. The Morgan fingerprint density at radius 1 is 0.467 bits per heavy atom. The molecule has 0 spiro atoms. The van der Waals surface area contributed by atoms with Gasteiger partial charge in [-0.2, -0.15) is 12.1 Å². The Kier molecular flexibility index (Phi) is 11.3. The molecule has 0 fully saturated rings. The molecule has 0 saturated heterocycles. The molecule has 0 aromatic heterocycles. The zero-order valence-corrected chi connectivity index (χ0v) is 18.8. The molecule has 0 aliphatic rings. The fourth-order valence-electron chi connectivity index (χ4n) is 2.73. The molecule has 0 amide bonds. The minimum absolute atomic E-state index is 0. The van der Waals surface area contributed by atoms with Crippen molar-refractivity contribution in [1.82, 2.24) is 0 Å². The van der Waals surface area contributed by atoms with Crippen LogP contribution in [0.3, 0.4) is 0 Å². The van der Waals surface area contributed by atoms with E-state index in [4.69, 9.17) is 0 Å². The van der Waals surface area contributed by atoms with Crippen LogP contribution >= 0.6 is 8.58 Å². The van der Waals surface area contributed by atoms with Crippen molar-refractivity contribution in [1.29, 1.82) is 0 Å². The molecule has 0 atom stereocenters. The smallest absolute Gasteiger partial charge is 0 e. The first-order valence-corrected chi connectivity index (χ1v) is 10.7. The summed E-state index contributed by atoms with van der Waals surface area (Å²) in [6.45, 7) is 0. The van der Waals surface area contributed by atoms with Gasteiger partial charge >= 0.3 is 0 Å². The summed E-state index contributed by atoms with van der Waals surface area (Å²) < 4.78 is 0. The van der Waals surface area contributed by atoms with Crippen molar-refractivity contribution in [2.24, 2.45) is 0 Å². The molecule has 5 rings (SSSR count). The fourth-order valence-corrected chi connectivity index (χ4v) is 3.78. The molecule has 0 bridgehead atoms. The molecular formula is C28H25FeP-6. The maximum atomic E-state index is 2.17. The van der Waals surface area contributed by atoms with Gasteiger partial charge in [0.25, 0.3) is 0 Å². The van der Waals surface area contributed by atoms with E-state index in [2.05, 4.69) is 109 Å². The minimum atomic E-state index is 0. The summed E-state index contributed by atoms with van der Waals surface area (Å²) in [4.78, 5) is 0. The van der Waals surface area contributed by atoms with E-state index in [0.717, 1.165) is 8.58 Å². The molecule has 0 nitrogen and oxygen atoms in total. The summed E-state index contributed by atoms with van der Waals surface area (Å²) in [5, 5.41) is 2.79. The molecule has 156 valence electrons. The van der Waals surface area contributed by atoms with E-state index in [0.29, 0.717) is 0 Å². The molecule has 0 unspecified atom stereocenters. The first-order valence-electron chi connectivity index (χ1n) is 9.73. The van der Waals surface area contributed by atoms with E-state index in [9.17, 15) is 0 Å². The molecule has 0 aliphatic heterocycles. The summed E-state index contributed by atoms with van der Waals surface area (Å²) in [5.41, 5.74) is 2.59. The minimum Gasteiger partial charge on any atom is -0.748 e. The quantitative estimate of drug-likeness (QED) is 0.162. The number of hydrogen-bond donors (Lipinski definition) is 0. The second kappa shape index (κ2) is 14.3. The van der Waals surface area contributed by atoms with Gasteiger partial charge in [-0.15, -0.1) is 29.8 Å². The van der Waals surface area contributed by atoms with Crippen LogP contribution in [0.5, 0.6) is 0 Å². The van der Waals surface area contributed by atoms with Crippen molar-refractivity contribution < 1.29 is 17.1 Å². The molecule has 0 N–H and O–H groups in total. The zero-order valence-electron chi connectivity index (χ0n) is 16.7. The van der Waals surface area contributed by atoms with Gasteiger partial charge in [-0.25, -0.2) is 0 Å². The van der Waals surface area contributed by atoms with Crippen LogP contribution in [-0.4, -0.2) is 0 Å². The van der Waals surface area contributed by atoms with Crippen molar-refractivity contribution in [2.75, 3.05) is 0 Å². The summed E-state index contributed by atoms with van der Waals surface area (Å²) >= 11 is 0. The van der Waals surface area contributed by atoms with Crippen molar-refractivity contribution in [2.45, 2.75) is 0 Å². The fraction of sp³-hybridized carbons (Fsp3) is 0. The monoisotopic (exact) mass is 448 g/mol. The van der Waals surface area contributed by atoms with Gasteiger partial charge in [0.05, 0.1) is 0 Å². The predicted molar refractivity (Wildman–Crippen MR) is 130 cm³/mol. The molecule has 5 aromatic carbocycles. The van der Waals surface area contributed by atoms with Gasteiger partial charge in [0, 0.05) is 17.1 Å². The van der Waals surface area contributed by atoms with Crippen LogP contribution in [0.1, 0.15) is 0 Å². The average molecular weight is 448 g/mol. The standard InChI is InChI=1S/C12H11P.C11H9.C5H5.Fe/c1-3-7-11(8-4-1)13-12-9-5-2-6-10-12;1-2-6-10(7-3-1)11-8-4-5-9-11;1-2-4-5-3-1;/h1-10,13H;1-9H;1-5H;/q;-1;-5;. The summed E-state index contributed by atoms with van der Waals surface area (Å²) in [5.74, 6) is 0. The Bertz CT molecular complexity index is 936. The second-order valence-corrected chi connectivity index (χ2v) is 7.76. The van der Waals surface area contributed by atoms with Crippen LogP contribution in [0.15, 0.2) is 146 Å². The Morgan fingerprint density at radius 2 is 0.833 bits per heavy atom. The maximum Gasteiger partial charge on any atom is 0 e. The van der Waals surface area contributed by atoms with Gasteiger partial charge in [-0.05, 0) is 10.6 Å². The van der Waals surface area contributed by atoms with E-state index < -0.39 is 0 Å². The topological polar surface area (TPSA) is 0 Å². The molecule has 0 radical (unpaired) electrons. The van der Waals surface area contributed by atoms with Gasteiger partial charge in [0.2, 0.25) is 0 Å². The van der Waals surface area contributed by atoms with E-state index in [1.165, 1.54) is 21.7 Å². The van der Waals surface area contributed by atoms with Gasteiger partial charge < -0.3 is 30.3 Å². The maximum absolute atomic E-state index is 2.17. The third-order valence-corrected chi connectivity index (χ3v) is 5.41. The predicted octanol–water partition coefficient (Wildman–Crippen LogP) is 6.79. The number of rotatable bonds is 3. The number of benzene rings is 3. The van der Waals surface area contributed by atoms with E-state index in [-0.39, 0.29) is 17.1 Å². The van der Waals surface area contributed by atoms with Crippen LogP contribution in [0.4, 0.5) is 0 Å². The molecule has 0 heterocycles.